The third kappa shape index (κ3) is 1.94. The summed E-state index contributed by atoms with van der Waals surface area (Å²) in [6.45, 7) is 1.08. The van der Waals surface area contributed by atoms with Crippen molar-refractivity contribution in [1.29, 1.82) is 0 Å². The first kappa shape index (κ1) is 9.45. The molecule has 2 nitrogen and oxygen atoms in total. The Morgan fingerprint density at radius 2 is 2.00 bits per heavy atom. The molecule has 0 aliphatic rings. The molecule has 0 fully saturated rings. The molecule has 0 bridgehead atoms. The number of benzene rings is 1. The summed E-state index contributed by atoms with van der Waals surface area (Å²) in [6, 6.07) is 3.66. The predicted octanol–water partition coefficient (Wildman–Crippen LogP) is 1.64. The Labute approximate surface area is 74.2 Å². The largest absolute Gasteiger partial charge is 0.362 e. The van der Waals surface area contributed by atoms with Crippen LogP contribution in [-0.4, -0.2) is 10.2 Å². The minimum absolute atomic E-state index is 0.188. The molecule has 2 N–H and O–H groups in total. The quantitative estimate of drug-likeness (QED) is 0.661. The van der Waals surface area contributed by atoms with E-state index < -0.39 is 11.6 Å². The van der Waals surface area contributed by atoms with E-state index in [1.807, 2.05) is 0 Å². The minimum Gasteiger partial charge on any atom is -0.362 e. The van der Waals surface area contributed by atoms with Gasteiger partial charge in [-0.05, 0) is 25.1 Å². The Bertz CT molecular complexity index is 294. The summed E-state index contributed by atoms with van der Waals surface area (Å²) < 4.78 is 12.9. The third-order valence-electron chi connectivity index (χ3n) is 1.44. The summed E-state index contributed by atoms with van der Waals surface area (Å²) in [5, 5.41) is 18.3. The maximum Gasteiger partial charge on any atom is 0.189 e. The van der Waals surface area contributed by atoms with Gasteiger partial charge >= 0.3 is 0 Å². The van der Waals surface area contributed by atoms with Crippen molar-refractivity contribution < 1.29 is 14.6 Å². The highest BCUT2D eigenvalue weighted by Crippen LogP contribution is 2.22. The molecule has 12 heavy (non-hydrogen) atoms. The van der Waals surface area contributed by atoms with E-state index in [4.69, 9.17) is 21.8 Å². The second kappa shape index (κ2) is 3.01. The minimum atomic E-state index is -2.16. The van der Waals surface area contributed by atoms with Gasteiger partial charge in [0.2, 0.25) is 0 Å². The van der Waals surface area contributed by atoms with Crippen LogP contribution in [0.5, 0.6) is 0 Å². The summed E-state index contributed by atoms with van der Waals surface area (Å²) in [5.74, 6) is -2.88. The molecule has 66 valence electrons. The monoisotopic (exact) mass is 190 g/mol. The van der Waals surface area contributed by atoms with Gasteiger partial charge in [0.1, 0.15) is 5.82 Å². The van der Waals surface area contributed by atoms with Gasteiger partial charge in [0.25, 0.3) is 0 Å². The van der Waals surface area contributed by atoms with Gasteiger partial charge in [0, 0.05) is 10.6 Å². The standard InChI is InChI=1S/C8H8ClFO2/c1-8(11,12)6-3-2-5(9)4-7(6)10/h2-4,11-12H,1H3. The predicted molar refractivity (Wildman–Crippen MR) is 43.2 cm³/mol. The number of hydrogen-bond donors (Lipinski definition) is 2. The van der Waals surface area contributed by atoms with Crippen molar-refractivity contribution in [3.05, 3.63) is 34.6 Å². The maximum absolute atomic E-state index is 12.9. The highest BCUT2D eigenvalue weighted by molar-refractivity contribution is 6.30. The zero-order chi connectivity index (χ0) is 9.35. The molecule has 0 aliphatic carbocycles. The van der Waals surface area contributed by atoms with Crippen molar-refractivity contribution in [2.45, 2.75) is 12.7 Å². The zero-order valence-electron chi connectivity index (χ0n) is 6.38. The molecule has 0 unspecified atom stereocenters. The number of hydrogen-bond acceptors (Lipinski definition) is 2. The molecule has 0 saturated carbocycles. The molecule has 0 atom stereocenters. The van der Waals surface area contributed by atoms with Crippen molar-refractivity contribution in [2.24, 2.45) is 0 Å². The first-order valence-electron chi connectivity index (χ1n) is 3.31. The van der Waals surface area contributed by atoms with Gasteiger partial charge in [-0.2, -0.15) is 0 Å². The maximum atomic E-state index is 12.9. The summed E-state index contributed by atoms with van der Waals surface area (Å²) in [4.78, 5) is 0. The van der Waals surface area contributed by atoms with E-state index >= 15 is 0 Å². The lowest BCUT2D eigenvalue weighted by atomic mass is 10.1. The zero-order valence-corrected chi connectivity index (χ0v) is 7.14. The number of aliphatic hydroxyl groups is 2. The molecule has 1 aromatic rings. The van der Waals surface area contributed by atoms with Crippen molar-refractivity contribution in [3.8, 4) is 0 Å². The summed E-state index contributed by atoms with van der Waals surface area (Å²) >= 11 is 5.46. The van der Waals surface area contributed by atoms with E-state index in [0.717, 1.165) is 13.0 Å². The third-order valence-corrected chi connectivity index (χ3v) is 1.68. The van der Waals surface area contributed by atoms with Crippen LogP contribution < -0.4 is 0 Å². The second-order valence-electron chi connectivity index (χ2n) is 2.64. The fraction of sp³-hybridized carbons (Fsp3) is 0.250. The summed E-state index contributed by atoms with van der Waals surface area (Å²) in [7, 11) is 0. The lowest BCUT2D eigenvalue weighted by molar-refractivity contribution is -0.154. The van der Waals surface area contributed by atoms with Crippen molar-refractivity contribution in [2.75, 3.05) is 0 Å². The number of halogens is 2. The van der Waals surface area contributed by atoms with Crippen LogP contribution in [0.1, 0.15) is 12.5 Å². The van der Waals surface area contributed by atoms with Crippen LogP contribution in [0.15, 0.2) is 18.2 Å². The Hall–Kier alpha value is -0.640. The molecule has 4 heteroatoms. The van der Waals surface area contributed by atoms with Crippen LogP contribution in [0.25, 0.3) is 0 Å². The van der Waals surface area contributed by atoms with Gasteiger partial charge in [-0.25, -0.2) is 4.39 Å². The van der Waals surface area contributed by atoms with Crippen LogP contribution in [0, 0.1) is 5.82 Å². The Morgan fingerprint density at radius 1 is 1.42 bits per heavy atom. The molecule has 1 aromatic carbocycles. The van der Waals surface area contributed by atoms with E-state index in [2.05, 4.69) is 0 Å². The van der Waals surface area contributed by atoms with E-state index in [-0.39, 0.29) is 10.6 Å². The molecule has 1 rings (SSSR count). The average molecular weight is 191 g/mol. The topological polar surface area (TPSA) is 40.5 Å². The first-order valence-corrected chi connectivity index (χ1v) is 3.69. The Kier molecular flexibility index (Phi) is 2.37. The first-order chi connectivity index (χ1) is 5.41. The van der Waals surface area contributed by atoms with E-state index in [1.54, 1.807) is 0 Å². The fourth-order valence-corrected chi connectivity index (χ4v) is 1.03. The van der Waals surface area contributed by atoms with Gasteiger partial charge in [0.05, 0.1) is 0 Å². The van der Waals surface area contributed by atoms with Crippen LogP contribution in [0.2, 0.25) is 5.02 Å². The molecule has 0 aromatic heterocycles. The van der Waals surface area contributed by atoms with E-state index in [0.29, 0.717) is 0 Å². The SMILES string of the molecule is CC(O)(O)c1ccc(Cl)cc1F. The Balaban J connectivity index is 3.19. The molecule has 0 heterocycles. The molecule has 0 spiro atoms. The summed E-state index contributed by atoms with van der Waals surface area (Å²) in [6.07, 6.45) is 0. The van der Waals surface area contributed by atoms with Crippen molar-refractivity contribution >= 4 is 11.6 Å². The molecule has 0 aliphatic heterocycles. The molecule has 0 amide bonds. The molecular formula is C8H8ClFO2. The van der Waals surface area contributed by atoms with Gasteiger partial charge in [-0.1, -0.05) is 11.6 Å². The van der Waals surface area contributed by atoms with Crippen LogP contribution in [0.3, 0.4) is 0 Å². The highest BCUT2D eigenvalue weighted by atomic mass is 35.5. The fourth-order valence-electron chi connectivity index (χ4n) is 0.874. The molecular weight excluding hydrogens is 183 g/mol. The van der Waals surface area contributed by atoms with Gasteiger partial charge in [-0.3, -0.25) is 0 Å². The van der Waals surface area contributed by atoms with Crippen LogP contribution in [0.4, 0.5) is 4.39 Å². The molecule has 0 saturated heterocycles. The average Bonchev–Trinajstić information content (AvgIpc) is 1.83. The smallest absolute Gasteiger partial charge is 0.189 e. The van der Waals surface area contributed by atoms with Gasteiger partial charge < -0.3 is 10.2 Å². The van der Waals surface area contributed by atoms with Crippen LogP contribution >= 0.6 is 11.6 Å². The summed E-state index contributed by atoms with van der Waals surface area (Å²) in [5.41, 5.74) is -0.188. The lowest BCUT2D eigenvalue weighted by Gasteiger charge is -2.16. The van der Waals surface area contributed by atoms with Crippen molar-refractivity contribution in [1.82, 2.24) is 0 Å². The Morgan fingerprint density at radius 3 is 2.42 bits per heavy atom. The normalized spacial score (nSPS) is 11.8. The highest BCUT2D eigenvalue weighted by Gasteiger charge is 2.22. The van der Waals surface area contributed by atoms with Gasteiger partial charge in [0.15, 0.2) is 5.79 Å². The van der Waals surface area contributed by atoms with E-state index in [1.165, 1.54) is 12.1 Å². The van der Waals surface area contributed by atoms with E-state index in [9.17, 15) is 4.39 Å². The number of rotatable bonds is 1. The van der Waals surface area contributed by atoms with Crippen molar-refractivity contribution in [3.63, 3.8) is 0 Å². The molecule has 0 radical (unpaired) electrons. The second-order valence-corrected chi connectivity index (χ2v) is 3.08. The van der Waals surface area contributed by atoms with Gasteiger partial charge in [-0.15, -0.1) is 0 Å². The lowest BCUT2D eigenvalue weighted by Crippen LogP contribution is -2.21. The van der Waals surface area contributed by atoms with Crippen LogP contribution in [-0.2, 0) is 5.79 Å².